The third kappa shape index (κ3) is 67.5. The molecule has 0 amide bonds. The Bertz CT molecular complexity index is 1490. The van der Waals surface area contributed by atoms with E-state index in [2.05, 4.69) is 93.7 Å². The maximum Gasteiger partial charge on any atom is 0.306 e. The molecule has 1 atom stereocenters. The van der Waals surface area contributed by atoms with Gasteiger partial charge in [-0.15, -0.1) is 0 Å². The molecule has 6 heteroatoms. The molecule has 0 aromatic rings. The van der Waals surface area contributed by atoms with Crippen molar-refractivity contribution in [1.82, 2.24) is 0 Å². The Hall–Kier alpha value is -3.15. The Labute approximate surface area is 503 Å². The van der Waals surface area contributed by atoms with Gasteiger partial charge in [0.05, 0.1) is 0 Å². The minimum atomic E-state index is -0.773. The maximum atomic E-state index is 12.9. The van der Waals surface area contributed by atoms with Crippen LogP contribution in [0.4, 0.5) is 0 Å². The molecule has 0 heterocycles. The van der Waals surface area contributed by atoms with Crippen molar-refractivity contribution in [3.63, 3.8) is 0 Å². The minimum Gasteiger partial charge on any atom is -0.462 e. The van der Waals surface area contributed by atoms with E-state index >= 15 is 0 Å². The first-order chi connectivity index (χ1) is 40.0. The van der Waals surface area contributed by atoms with Gasteiger partial charge in [0.1, 0.15) is 13.2 Å². The largest absolute Gasteiger partial charge is 0.462 e. The zero-order valence-corrected chi connectivity index (χ0v) is 54.1. The molecule has 0 aliphatic heterocycles. The Morgan fingerprint density at radius 3 is 0.753 bits per heavy atom. The lowest BCUT2D eigenvalue weighted by atomic mass is 10.0. The van der Waals surface area contributed by atoms with Crippen LogP contribution in [-0.2, 0) is 28.6 Å². The Balaban J connectivity index is 4.02. The standard InChI is InChI=1S/C75H134O6/c1-4-7-10-13-16-18-20-22-24-26-28-30-32-34-36-38-40-41-43-45-47-49-51-53-55-57-59-62-65-68-74(77)80-71-72(70-79-73(76)67-64-61-15-12-9-6-3)81-75(78)69-66-63-60-58-56-54-52-50-48-46-44-42-39-37-35-33-31-29-27-25-23-21-19-17-14-11-8-5-2/h7,10,16,18,22,24,28,30,34,36,40-41,72H,4-6,8-9,11-15,17,19-21,23,25-27,29,31-33,35,37-39,42-71H2,1-3H3/b10-7-,18-16-,24-22-,30-28-,36-34-,41-40-. The smallest absolute Gasteiger partial charge is 0.306 e. The second kappa shape index (κ2) is 69.3. The van der Waals surface area contributed by atoms with E-state index in [4.69, 9.17) is 14.2 Å². The van der Waals surface area contributed by atoms with Gasteiger partial charge in [-0.25, -0.2) is 0 Å². The van der Waals surface area contributed by atoms with Gasteiger partial charge in [-0.05, 0) is 70.6 Å². The number of rotatable bonds is 65. The molecule has 0 aliphatic rings. The van der Waals surface area contributed by atoms with Gasteiger partial charge in [-0.2, -0.15) is 0 Å². The lowest BCUT2D eigenvalue weighted by Gasteiger charge is -2.18. The molecular weight excluding hydrogens is 997 g/mol. The number of carbonyl (C=O) groups excluding carboxylic acids is 3. The number of carbonyl (C=O) groups is 3. The predicted octanol–water partition coefficient (Wildman–Crippen LogP) is 24.4. The summed E-state index contributed by atoms with van der Waals surface area (Å²) in [6, 6.07) is 0. The highest BCUT2D eigenvalue weighted by Crippen LogP contribution is 2.18. The van der Waals surface area contributed by atoms with Crippen molar-refractivity contribution in [2.45, 2.75) is 374 Å². The van der Waals surface area contributed by atoms with Crippen molar-refractivity contribution in [2.24, 2.45) is 0 Å². The van der Waals surface area contributed by atoms with E-state index < -0.39 is 6.10 Å². The monoisotopic (exact) mass is 1130 g/mol. The molecule has 1 unspecified atom stereocenters. The van der Waals surface area contributed by atoms with Gasteiger partial charge in [0.25, 0.3) is 0 Å². The summed E-state index contributed by atoms with van der Waals surface area (Å²) < 4.78 is 16.9. The summed E-state index contributed by atoms with van der Waals surface area (Å²) in [6.07, 6.45) is 91.2. The molecule has 6 nitrogen and oxygen atoms in total. The van der Waals surface area contributed by atoms with Crippen molar-refractivity contribution in [3.05, 3.63) is 72.9 Å². The molecule has 0 N–H and O–H groups in total. The normalized spacial score (nSPS) is 12.5. The molecule has 470 valence electrons. The number of allylic oxidation sites excluding steroid dienone is 12. The molecule has 0 saturated heterocycles. The number of esters is 3. The quantitative estimate of drug-likeness (QED) is 0.0261. The zero-order chi connectivity index (χ0) is 58.5. The number of hydrogen-bond acceptors (Lipinski definition) is 6. The fourth-order valence-electron chi connectivity index (χ4n) is 10.5. The molecule has 0 fully saturated rings. The molecular formula is C75H134O6. The van der Waals surface area contributed by atoms with E-state index in [-0.39, 0.29) is 31.1 Å². The van der Waals surface area contributed by atoms with Crippen LogP contribution in [-0.4, -0.2) is 37.2 Å². The third-order valence-corrected chi connectivity index (χ3v) is 15.7. The van der Waals surface area contributed by atoms with Crippen molar-refractivity contribution in [2.75, 3.05) is 13.2 Å². The Morgan fingerprint density at radius 1 is 0.259 bits per heavy atom. The summed E-state index contributed by atoms with van der Waals surface area (Å²) in [6.45, 7) is 6.52. The molecule has 0 rings (SSSR count). The van der Waals surface area contributed by atoms with Crippen LogP contribution in [0.1, 0.15) is 367 Å². The van der Waals surface area contributed by atoms with Crippen LogP contribution >= 0.6 is 0 Å². The molecule has 0 aliphatic carbocycles. The molecule has 81 heavy (non-hydrogen) atoms. The van der Waals surface area contributed by atoms with Crippen molar-refractivity contribution >= 4 is 17.9 Å². The molecule has 0 spiro atoms. The van der Waals surface area contributed by atoms with E-state index in [1.54, 1.807) is 0 Å². The van der Waals surface area contributed by atoms with Crippen LogP contribution in [0.15, 0.2) is 72.9 Å². The lowest BCUT2D eigenvalue weighted by molar-refractivity contribution is -0.167. The number of hydrogen-bond donors (Lipinski definition) is 0. The average Bonchev–Trinajstić information content (AvgIpc) is 3.47. The fraction of sp³-hybridized carbons (Fsp3) is 0.800. The van der Waals surface area contributed by atoms with Crippen LogP contribution in [0.5, 0.6) is 0 Å². The van der Waals surface area contributed by atoms with Gasteiger partial charge in [0.2, 0.25) is 0 Å². The second-order valence-electron chi connectivity index (χ2n) is 23.8. The molecule has 0 saturated carbocycles. The predicted molar refractivity (Wildman–Crippen MR) is 353 cm³/mol. The first kappa shape index (κ1) is 77.9. The SMILES string of the molecule is CC/C=C\C/C=C\C/C=C\C/C=C\C/C=C\C/C=C\CCCCCCCCCCCCC(=O)OCC(COC(=O)CCCCCCCC)OC(=O)CCCCCCCCCCCCCCCCCCCCCCCCCCCCCC. The lowest BCUT2D eigenvalue weighted by Crippen LogP contribution is -2.30. The molecule has 0 radical (unpaired) electrons. The van der Waals surface area contributed by atoms with E-state index in [1.807, 2.05) is 0 Å². The number of unbranched alkanes of at least 4 members (excludes halogenated alkanes) is 42. The number of ether oxygens (including phenoxy) is 3. The summed E-state index contributed by atoms with van der Waals surface area (Å²) in [5, 5.41) is 0. The Morgan fingerprint density at radius 2 is 0.481 bits per heavy atom. The first-order valence-corrected chi connectivity index (χ1v) is 35.4. The van der Waals surface area contributed by atoms with Crippen LogP contribution in [0.25, 0.3) is 0 Å². The van der Waals surface area contributed by atoms with Gasteiger partial charge in [-0.3, -0.25) is 14.4 Å². The van der Waals surface area contributed by atoms with Gasteiger partial charge in [-0.1, -0.05) is 351 Å². The van der Waals surface area contributed by atoms with Crippen molar-refractivity contribution < 1.29 is 28.6 Å². The fourth-order valence-corrected chi connectivity index (χ4v) is 10.5. The third-order valence-electron chi connectivity index (χ3n) is 15.7. The van der Waals surface area contributed by atoms with E-state index in [1.165, 1.54) is 231 Å². The van der Waals surface area contributed by atoms with Crippen LogP contribution in [0, 0.1) is 0 Å². The van der Waals surface area contributed by atoms with Crippen molar-refractivity contribution in [3.8, 4) is 0 Å². The summed E-state index contributed by atoms with van der Waals surface area (Å²) >= 11 is 0. The van der Waals surface area contributed by atoms with E-state index in [9.17, 15) is 14.4 Å². The molecule has 0 aromatic heterocycles. The van der Waals surface area contributed by atoms with Crippen molar-refractivity contribution in [1.29, 1.82) is 0 Å². The summed E-state index contributed by atoms with van der Waals surface area (Å²) in [5.74, 6) is -0.867. The first-order valence-electron chi connectivity index (χ1n) is 35.4. The van der Waals surface area contributed by atoms with E-state index in [0.717, 1.165) is 96.3 Å². The maximum absolute atomic E-state index is 12.9. The van der Waals surface area contributed by atoms with E-state index in [0.29, 0.717) is 19.3 Å². The zero-order valence-electron chi connectivity index (χ0n) is 54.1. The molecule has 0 aromatic carbocycles. The van der Waals surface area contributed by atoms with Gasteiger partial charge >= 0.3 is 17.9 Å². The van der Waals surface area contributed by atoms with Gasteiger partial charge < -0.3 is 14.2 Å². The van der Waals surface area contributed by atoms with Crippen LogP contribution in [0.2, 0.25) is 0 Å². The van der Waals surface area contributed by atoms with Crippen LogP contribution < -0.4 is 0 Å². The summed E-state index contributed by atoms with van der Waals surface area (Å²) in [4.78, 5) is 38.1. The highest BCUT2D eigenvalue weighted by atomic mass is 16.6. The summed E-state index contributed by atoms with van der Waals surface area (Å²) in [7, 11) is 0. The highest BCUT2D eigenvalue weighted by Gasteiger charge is 2.19. The second-order valence-corrected chi connectivity index (χ2v) is 23.8. The van der Waals surface area contributed by atoms with Gasteiger partial charge in [0.15, 0.2) is 6.10 Å². The minimum absolute atomic E-state index is 0.0727. The van der Waals surface area contributed by atoms with Crippen LogP contribution in [0.3, 0.4) is 0 Å². The van der Waals surface area contributed by atoms with Gasteiger partial charge in [0, 0.05) is 19.3 Å². The topological polar surface area (TPSA) is 78.9 Å². The average molecular weight is 1130 g/mol. The highest BCUT2D eigenvalue weighted by molar-refractivity contribution is 5.71. The Kier molecular flexibility index (Phi) is 66.6. The summed E-state index contributed by atoms with van der Waals surface area (Å²) in [5.41, 5.74) is 0. The molecule has 0 bridgehead atoms.